The second kappa shape index (κ2) is 6.44. The minimum Gasteiger partial charge on any atom is -0.358 e. The summed E-state index contributed by atoms with van der Waals surface area (Å²) >= 11 is 3.43. The molecular formula is C19H17BrN4O. The average Bonchev–Trinajstić information content (AvgIpc) is 2.98. The highest BCUT2D eigenvalue weighted by Gasteiger charge is 2.18. The molecule has 2 aromatic heterocycles. The summed E-state index contributed by atoms with van der Waals surface area (Å²) in [6.45, 7) is 3.77. The van der Waals surface area contributed by atoms with Crippen molar-refractivity contribution in [3.05, 3.63) is 69.2 Å². The van der Waals surface area contributed by atoms with E-state index >= 15 is 0 Å². The lowest BCUT2D eigenvalue weighted by Crippen LogP contribution is -2.36. The monoisotopic (exact) mass is 396 g/mol. The second-order valence-electron chi connectivity index (χ2n) is 6.03. The first-order valence-corrected chi connectivity index (χ1v) is 9.04. The van der Waals surface area contributed by atoms with Gasteiger partial charge in [-0.25, -0.2) is 4.98 Å². The number of carbonyl (C=O) groups is 1. The number of carbonyl (C=O) groups excluding carboxylic acids is 1. The van der Waals surface area contributed by atoms with E-state index in [4.69, 9.17) is 0 Å². The van der Waals surface area contributed by atoms with Crippen molar-refractivity contribution in [1.29, 1.82) is 0 Å². The molecule has 0 atom stereocenters. The van der Waals surface area contributed by atoms with Gasteiger partial charge in [0.05, 0.1) is 10.9 Å². The molecule has 126 valence electrons. The molecule has 25 heavy (non-hydrogen) atoms. The van der Waals surface area contributed by atoms with Crippen LogP contribution in [-0.4, -0.2) is 33.3 Å². The summed E-state index contributed by atoms with van der Waals surface area (Å²) in [5.74, 6) is 0.302. The summed E-state index contributed by atoms with van der Waals surface area (Å²) in [5.41, 5.74) is 1.49. The van der Waals surface area contributed by atoms with Crippen LogP contribution in [0, 0.1) is 0 Å². The standard InChI is InChI=1S/C19H17BrN4O/c1-2-8-23-11-14-10-13(6-7-15(14)21-12-23)17(25)19-22-18(20)16-5-3-4-9-24(16)19/h3-7,9-11H,2,8,12H2,1H3. The van der Waals surface area contributed by atoms with Gasteiger partial charge in [-0.05, 0) is 52.7 Å². The molecule has 0 fully saturated rings. The van der Waals surface area contributed by atoms with Crippen LogP contribution in [0.4, 0.5) is 0 Å². The maximum absolute atomic E-state index is 13.0. The number of imidazole rings is 1. The molecule has 0 radical (unpaired) electrons. The molecule has 1 aliphatic heterocycles. The Morgan fingerprint density at radius 3 is 3.00 bits per heavy atom. The zero-order chi connectivity index (χ0) is 17.4. The topological polar surface area (TPSA) is 50.0 Å². The van der Waals surface area contributed by atoms with E-state index in [1.807, 2.05) is 47.0 Å². The largest absolute Gasteiger partial charge is 0.358 e. The Kier molecular flexibility index (Phi) is 4.13. The van der Waals surface area contributed by atoms with E-state index in [2.05, 4.69) is 43.9 Å². The van der Waals surface area contributed by atoms with Crippen LogP contribution in [0.2, 0.25) is 0 Å². The van der Waals surface area contributed by atoms with Gasteiger partial charge in [0.2, 0.25) is 5.78 Å². The highest BCUT2D eigenvalue weighted by molar-refractivity contribution is 9.10. The van der Waals surface area contributed by atoms with Crippen molar-refractivity contribution in [1.82, 2.24) is 14.3 Å². The van der Waals surface area contributed by atoms with Crippen molar-refractivity contribution in [3.63, 3.8) is 0 Å². The first kappa shape index (κ1) is 16.0. The van der Waals surface area contributed by atoms with Crippen LogP contribution in [0.25, 0.3) is 11.7 Å². The maximum Gasteiger partial charge on any atom is 0.228 e. The molecular weight excluding hydrogens is 380 g/mol. The van der Waals surface area contributed by atoms with E-state index in [1.54, 1.807) is 0 Å². The van der Waals surface area contributed by atoms with Gasteiger partial charge in [-0.3, -0.25) is 14.2 Å². The number of benzene rings is 1. The molecule has 5 nitrogen and oxygen atoms in total. The fourth-order valence-electron chi connectivity index (χ4n) is 3.06. The van der Waals surface area contributed by atoms with Crippen molar-refractivity contribution in [3.8, 4) is 0 Å². The van der Waals surface area contributed by atoms with Crippen LogP contribution in [0.3, 0.4) is 0 Å². The van der Waals surface area contributed by atoms with Gasteiger partial charge in [0.1, 0.15) is 11.3 Å². The van der Waals surface area contributed by atoms with E-state index in [0.29, 0.717) is 22.7 Å². The summed E-state index contributed by atoms with van der Waals surface area (Å²) in [4.78, 5) is 24.2. The number of pyridine rings is 1. The lowest BCUT2D eigenvalue weighted by molar-refractivity contribution is 0.102. The number of hydrogen-bond donors (Lipinski definition) is 0. The van der Waals surface area contributed by atoms with Gasteiger partial charge in [0, 0.05) is 29.7 Å². The summed E-state index contributed by atoms with van der Waals surface area (Å²) in [6.07, 6.45) is 5.00. The highest BCUT2D eigenvalue weighted by Crippen LogP contribution is 2.20. The van der Waals surface area contributed by atoms with E-state index < -0.39 is 0 Å². The van der Waals surface area contributed by atoms with Gasteiger partial charge in [0.15, 0.2) is 5.82 Å². The summed E-state index contributed by atoms with van der Waals surface area (Å²) in [6, 6.07) is 11.4. The molecule has 3 heterocycles. The molecule has 0 bridgehead atoms. The van der Waals surface area contributed by atoms with Crippen LogP contribution < -0.4 is 10.6 Å². The highest BCUT2D eigenvalue weighted by atomic mass is 79.9. The predicted molar refractivity (Wildman–Crippen MR) is 99.9 cm³/mol. The Bertz CT molecular complexity index is 1090. The lowest BCUT2D eigenvalue weighted by Gasteiger charge is -2.19. The first-order chi connectivity index (χ1) is 12.2. The van der Waals surface area contributed by atoms with Gasteiger partial charge in [-0.2, -0.15) is 0 Å². The maximum atomic E-state index is 13.0. The molecule has 0 aliphatic carbocycles. The average molecular weight is 397 g/mol. The third kappa shape index (κ3) is 2.87. The Labute approximate surface area is 153 Å². The van der Waals surface area contributed by atoms with Crippen LogP contribution in [0.1, 0.15) is 29.5 Å². The number of fused-ring (bicyclic) bond motifs is 2. The third-order valence-electron chi connectivity index (χ3n) is 4.25. The first-order valence-electron chi connectivity index (χ1n) is 8.25. The fourth-order valence-corrected chi connectivity index (χ4v) is 3.55. The molecule has 0 N–H and O–H groups in total. The van der Waals surface area contributed by atoms with Crippen molar-refractivity contribution in [2.45, 2.75) is 13.3 Å². The van der Waals surface area contributed by atoms with Gasteiger partial charge in [-0.1, -0.05) is 13.0 Å². The lowest BCUT2D eigenvalue weighted by atomic mass is 10.1. The van der Waals surface area contributed by atoms with E-state index in [9.17, 15) is 4.79 Å². The van der Waals surface area contributed by atoms with Crippen LogP contribution in [-0.2, 0) is 0 Å². The minimum atomic E-state index is -0.101. The van der Waals surface area contributed by atoms with Crippen molar-refractivity contribution in [2.75, 3.05) is 13.2 Å². The van der Waals surface area contributed by atoms with E-state index in [-0.39, 0.29) is 5.78 Å². The molecule has 0 saturated heterocycles. The fraction of sp³-hybridized carbons (Fsp3) is 0.211. The van der Waals surface area contributed by atoms with Gasteiger partial charge in [-0.15, -0.1) is 0 Å². The van der Waals surface area contributed by atoms with Gasteiger partial charge < -0.3 is 4.90 Å². The SMILES string of the molecule is CCCN1C=c2cc(C(=O)c3nc(Br)c4ccccn34)ccc2=NC1. The molecule has 4 rings (SSSR count). The zero-order valence-electron chi connectivity index (χ0n) is 13.8. The molecule has 3 aromatic rings. The molecule has 0 amide bonds. The molecule has 0 spiro atoms. The number of hydrogen-bond acceptors (Lipinski definition) is 4. The molecule has 6 heteroatoms. The molecule has 0 unspecified atom stereocenters. The van der Waals surface area contributed by atoms with E-state index in [1.165, 1.54) is 0 Å². The number of halogens is 1. The Morgan fingerprint density at radius 2 is 2.16 bits per heavy atom. The van der Waals surface area contributed by atoms with Gasteiger partial charge >= 0.3 is 0 Å². The molecule has 1 aromatic carbocycles. The summed E-state index contributed by atoms with van der Waals surface area (Å²) < 4.78 is 2.48. The third-order valence-corrected chi connectivity index (χ3v) is 4.84. The number of ketones is 1. The van der Waals surface area contributed by atoms with Gasteiger partial charge in [0.25, 0.3) is 0 Å². The van der Waals surface area contributed by atoms with Crippen LogP contribution in [0.15, 0.2) is 52.2 Å². The number of aromatic nitrogens is 2. The molecule has 1 aliphatic rings. The Hall–Kier alpha value is -2.47. The Morgan fingerprint density at radius 1 is 1.28 bits per heavy atom. The molecule has 0 saturated carbocycles. The quantitative estimate of drug-likeness (QED) is 0.636. The van der Waals surface area contributed by atoms with Crippen molar-refractivity contribution in [2.24, 2.45) is 4.99 Å². The number of rotatable bonds is 4. The van der Waals surface area contributed by atoms with E-state index in [0.717, 1.165) is 29.1 Å². The summed E-state index contributed by atoms with van der Waals surface area (Å²) in [5, 5.41) is 1.91. The number of nitrogens with zero attached hydrogens (tertiary/aromatic N) is 4. The summed E-state index contributed by atoms with van der Waals surface area (Å²) in [7, 11) is 0. The van der Waals surface area contributed by atoms with Crippen molar-refractivity contribution < 1.29 is 4.79 Å². The normalized spacial score (nSPS) is 13.3. The Balaban J connectivity index is 1.79. The predicted octanol–water partition coefficient (Wildman–Crippen LogP) is 2.37. The zero-order valence-corrected chi connectivity index (χ0v) is 15.4. The van der Waals surface area contributed by atoms with Crippen molar-refractivity contribution >= 4 is 33.4 Å². The van der Waals surface area contributed by atoms with Crippen LogP contribution >= 0.6 is 15.9 Å². The second-order valence-corrected chi connectivity index (χ2v) is 6.78. The van der Waals surface area contributed by atoms with Crippen LogP contribution in [0.5, 0.6) is 0 Å². The minimum absolute atomic E-state index is 0.101. The smallest absolute Gasteiger partial charge is 0.228 e.